The van der Waals surface area contributed by atoms with Crippen LogP contribution in [0, 0.1) is 0 Å². The smallest absolute Gasteiger partial charge is 0.266 e. The SMILES string of the molecule is O=C(Nc1ccnn1Cc1ccccc1Cl)[C@@H]1Cc2cc(Cl)ccc2O1. The van der Waals surface area contributed by atoms with E-state index in [4.69, 9.17) is 27.9 Å². The molecule has 1 amide bonds. The Kier molecular flexibility index (Phi) is 4.57. The first-order chi connectivity index (χ1) is 12.6. The van der Waals surface area contributed by atoms with Crippen molar-refractivity contribution in [3.05, 3.63) is 75.9 Å². The second kappa shape index (κ2) is 7.02. The number of nitrogens with zero attached hydrogens (tertiary/aromatic N) is 2. The standard InChI is InChI=1S/C19H15Cl2N3O2/c20-14-5-6-16-13(9-14)10-17(26-16)19(25)23-18-7-8-22-24(18)11-12-3-1-2-4-15(12)21/h1-9,17H,10-11H2,(H,23,25)/t17-/m0/s1. The Morgan fingerprint density at radius 1 is 1.23 bits per heavy atom. The first-order valence-corrected chi connectivity index (χ1v) is 8.87. The number of carbonyl (C=O) groups excluding carboxylic acids is 1. The van der Waals surface area contributed by atoms with Gasteiger partial charge in [-0.1, -0.05) is 41.4 Å². The van der Waals surface area contributed by atoms with Gasteiger partial charge in [-0.05, 0) is 35.4 Å². The van der Waals surface area contributed by atoms with Crippen LogP contribution in [0.1, 0.15) is 11.1 Å². The van der Waals surface area contributed by atoms with E-state index in [1.165, 1.54) is 0 Å². The number of anilines is 1. The first kappa shape index (κ1) is 16.9. The van der Waals surface area contributed by atoms with Gasteiger partial charge < -0.3 is 10.1 Å². The number of fused-ring (bicyclic) bond motifs is 1. The molecule has 0 radical (unpaired) electrons. The summed E-state index contributed by atoms with van der Waals surface area (Å²) in [4.78, 5) is 12.6. The van der Waals surface area contributed by atoms with Crippen molar-refractivity contribution in [3.8, 4) is 5.75 Å². The Hall–Kier alpha value is -2.50. The number of carbonyl (C=O) groups is 1. The summed E-state index contributed by atoms with van der Waals surface area (Å²) in [5.74, 6) is 1.06. The van der Waals surface area contributed by atoms with E-state index in [1.54, 1.807) is 29.1 Å². The molecule has 3 aromatic rings. The van der Waals surface area contributed by atoms with E-state index < -0.39 is 6.10 Å². The van der Waals surface area contributed by atoms with Crippen molar-refractivity contribution in [1.82, 2.24) is 9.78 Å². The van der Waals surface area contributed by atoms with E-state index in [9.17, 15) is 4.79 Å². The molecule has 4 rings (SSSR count). The van der Waals surface area contributed by atoms with Gasteiger partial charge in [0.05, 0.1) is 12.7 Å². The van der Waals surface area contributed by atoms with Crippen molar-refractivity contribution >= 4 is 34.9 Å². The lowest BCUT2D eigenvalue weighted by molar-refractivity contribution is -0.122. The van der Waals surface area contributed by atoms with Crippen molar-refractivity contribution < 1.29 is 9.53 Å². The topological polar surface area (TPSA) is 56.2 Å². The zero-order valence-electron chi connectivity index (χ0n) is 13.7. The Morgan fingerprint density at radius 3 is 2.92 bits per heavy atom. The average molecular weight is 388 g/mol. The lowest BCUT2D eigenvalue weighted by atomic mass is 10.1. The molecule has 5 nitrogen and oxygen atoms in total. The van der Waals surface area contributed by atoms with Gasteiger partial charge in [-0.25, -0.2) is 4.68 Å². The predicted molar refractivity (Wildman–Crippen MR) is 101 cm³/mol. The molecule has 7 heteroatoms. The quantitative estimate of drug-likeness (QED) is 0.730. The van der Waals surface area contributed by atoms with E-state index in [-0.39, 0.29) is 5.91 Å². The number of hydrogen-bond donors (Lipinski definition) is 1. The average Bonchev–Trinajstić information content (AvgIpc) is 3.23. The highest BCUT2D eigenvalue weighted by Crippen LogP contribution is 2.31. The monoisotopic (exact) mass is 387 g/mol. The predicted octanol–water partition coefficient (Wildman–Crippen LogP) is 4.18. The molecular formula is C19H15Cl2N3O2. The van der Waals surface area contributed by atoms with Crippen molar-refractivity contribution in [2.24, 2.45) is 0 Å². The minimum absolute atomic E-state index is 0.224. The van der Waals surface area contributed by atoms with E-state index in [0.29, 0.717) is 34.6 Å². The lowest BCUT2D eigenvalue weighted by Crippen LogP contribution is -2.32. The molecule has 0 bridgehead atoms. The van der Waals surface area contributed by atoms with Crippen LogP contribution in [0.3, 0.4) is 0 Å². The maximum atomic E-state index is 12.6. The van der Waals surface area contributed by atoms with Crippen molar-refractivity contribution in [2.45, 2.75) is 19.1 Å². The van der Waals surface area contributed by atoms with Gasteiger partial charge in [0.15, 0.2) is 6.10 Å². The summed E-state index contributed by atoms with van der Waals surface area (Å²) >= 11 is 12.2. The molecule has 1 aromatic heterocycles. The normalized spacial score (nSPS) is 15.4. The van der Waals surface area contributed by atoms with Gasteiger partial charge in [0, 0.05) is 22.5 Å². The number of halogens is 2. The molecule has 2 aromatic carbocycles. The molecule has 1 N–H and O–H groups in total. The third-order valence-corrected chi connectivity index (χ3v) is 4.84. The molecule has 26 heavy (non-hydrogen) atoms. The minimum Gasteiger partial charge on any atom is -0.480 e. The molecule has 0 aliphatic carbocycles. The number of hydrogen-bond acceptors (Lipinski definition) is 3. The summed E-state index contributed by atoms with van der Waals surface area (Å²) < 4.78 is 7.42. The zero-order chi connectivity index (χ0) is 18.1. The van der Waals surface area contributed by atoms with Gasteiger partial charge >= 0.3 is 0 Å². The van der Waals surface area contributed by atoms with Gasteiger partial charge in [0.2, 0.25) is 0 Å². The van der Waals surface area contributed by atoms with Crippen LogP contribution in [-0.4, -0.2) is 21.8 Å². The maximum Gasteiger partial charge on any atom is 0.266 e. The largest absolute Gasteiger partial charge is 0.480 e. The van der Waals surface area contributed by atoms with Crippen LogP contribution in [0.2, 0.25) is 10.0 Å². The summed E-state index contributed by atoms with van der Waals surface area (Å²) in [5.41, 5.74) is 1.86. The van der Waals surface area contributed by atoms with Crippen LogP contribution in [0.4, 0.5) is 5.82 Å². The zero-order valence-corrected chi connectivity index (χ0v) is 15.2. The van der Waals surface area contributed by atoms with E-state index in [1.807, 2.05) is 30.3 Å². The summed E-state index contributed by atoms with van der Waals surface area (Å²) in [5, 5.41) is 8.44. The van der Waals surface area contributed by atoms with E-state index >= 15 is 0 Å². The molecule has 0 saturated carbocycles. The van der Waals surface area contributed by atoms with Gasteiger partial charge in [0.1, 0.15) is 11.6 Å². The minimum atomic E-state index is -0.591. The summed E-state index contributed by atoms with van der Waals surface area (Å²) in [7, 11) is 0. The molecule has 0 saturated heterocycles. The fourth-order valence-corrected chi connectivity index (χ4v) is 3.31. The molecule has 1 atom stereocenters. The Bertz CT molecular complexity index is 971. The molecule has 0 spiro atoms. The van der Waals surface area contributed by atoms with Crippen LogP contribution in [-0.2, 0) is 17.8 Å². The lowest BCUT2D eigenvalue weighted by Gasteiger charge is -2.13. The molecule has 1 aliphatic heterocycles. The second-order valence-corrected chi connectivity index (χ2v) is 6.86. The molecule has 2 heterocycles. The summed E-state index contributed by atoms with van der Waals surface area (Å²) in [6.45, 7) is 0.462. The Morgan fingerprint density at radius 2 is 2.08 bits per heavy atom. The van der Waals surface area contributed by atoms with Gasteiger partial charge in [-0.15, -0.1) is 0 Å². The highest BCUT2D eigenvalue weighted by atomic mass is 35.5. The van der Waals surface area contributed by atoms with Crippen molar-refractivity contribution in [1.29, 1.82) is 0 Å². The van der Waals surface area contributed by atoms with Gasteiger partial charge in [-0.2, -0.15) is 5.10 Å². The van der Waals surface area contributed by atoms with Crippen molar-refractivity contribution in [3.63, 3.8) is 0 Å². The van der Waals surface area contributed by atoms with Crippen molar-refractivity contribution in [2.75, 3.05) is 5.32 Å². The van der Waals surface area contributed by atoms with Crippen LogP contribution >= 0.6 is 23.2 Å². The molecule has 0 unspecified atom stereocenters. The number of rotatable bonds is 4. The molecule has 1 aliphatic rings. The number of benzene rings is 2. The molecule has 132 valence electrons. The maximum absolute atomic E-state index is 12.6. The number of ether oxygens (including phenoxy) is 1. The number of aromatic nitrogens is 2. The van der Waals surface area contributed by atoms with E-state index in [2.05, 4.69) is 10.4 Å². The molecule has 0 fully saturated rings. The van der Waals surface area contributed by atoms with Crippen LogP contribution in [0.5, 0.6) is 5.75 Å². The Balaban J connectivity index is 1.46. The molecular weight excluding hydrogens is 373 g/mol. The number of nitrogens with one attached hydrogen (secondary N) is 1. The van der Waals surface area contributed by atoms with Crippen LogP contribution < -0.4 is 10.1 Å². The van der Waals surface area contributed by atoms with E-state index in [0.717, 1.165) is 11.1 Å². The summed E-state index contributed by atoms with van der Waals surface area (Å²) in [6, 6.07) is 14.6. The summed E-state index contributed by atoms with van der Waals surface area (Å²) in [6.07, 6.45) is 1.53. The Labute approximate surface area is 160 Å². The number of amides is 1. The fraction of sp³-hybridized carbons (Fsp3) is 0.158. The first-order valence-electron chi connectivity index (χ1n) is 8.11. The van der Waals surface area contributed by atoms with Gasteiger partial charge in [-0.3, -0.25) is 4.79 Å². The highest BCUT2D eigenvalue weighted by Gasteiger charge is 2.29. The van der Waals surface area contributed by atoms with Gasteiger partial charge in [0.25, 0.3) is 5.91 Å². The third kappa shape index (κ3) is 3.41. The van der Waals surface area contributed by atoms with Crippen LogP contribution in [0.15, 0.2) is 54.7 Å². The second-order valence-electron chi connectivity index (χ2n) is 6.02. The highest BCUT2D eigenvalue weighted by molar-refractivity contribution is 6.31. The fourth-order valence-electron chi connectivity index (χ4n) is 2.92. The third-order valence-electron chi connectivity index (χ3n) is 4.24. The van der Waals surface area contributed by atoms with Crippen LogP contribution in [0.25, 0.3) is 0 Å².